The highest BCUT2D eigenvalue weighted by molar-refractivity contribution is 6.10. The number of rotatable bonds is 2. The third-order valence-corrected chi connectivity index (χ3v) is 3.90. The molecule has 0 heterocycles. The minimum Gasteiger partial charge on any atom is -0.344 e. The SMILES string of the molecule is CC(C)(C)c1cccc(C(=O)c2ccccc2)c1C(C)(C)C.N. The van der Waals surface area contributed by atoms with Crippen LogP contribution in [0.1, 0.15) is 68.6 Å². The van der Waals surface area contributed by atoms with Crippen LogP contribution < -0.4 is 6.15 Å². The Bertz CT molecular complexity index is 673. The highest BCUT2D eigenvalue weighted by Gasteiger charge is 2.29. The van der Waals surface area contributed by atoms with Crippen LogP contribution in [0.3, 0.4) is 0 Å². The quantitative estimate of drug-likeness (QED) is 0.726. The zero-order valence-corrected chi connectivity index (χ0v) is 15.2. The lowest BCUT2D eigenvalue weighted by atomic mass is 9.72. The molecule has 0 saturated carbocycles. The number of benzene rings is 2. The van der Waals surface area contributed by atoms with Gasteiger partial charge in [-0.3, -0.25) is 4.79 Å². The van der Waals surface area contributed by atoms with Crippen molar-refractivity contribution in [1.29, 1.82) is 0 Å². The van der Waals surface area contributed by atoms with Crippen molar-refractivity contribution in [1.82, 2.24) is 6.15 Å². The Labute approximate surface area is 140 Å². The van der Waals surface area contributed by atoms with Crippen LogP contribution in [0, 0.1) is 0 Å². The lowest BCUT2D eigenvalue weighted by Gasteiger charge is -2.32. The summed E-state index contributed by atoms with van der Waals surface area (Å²) in [5.74, 6) is 0.108. The predicted octanol–water partition coefficient (Wildman–Crippen LogP) is 5.67. The van der Waals surface area contributed by atoms with Gasteiger partial charge in [0.25, 0.3) is 0 Å². The molecule has 3 N–H and O–H groups in total. The van der Waals surface area contributed by atoms with Crippen LogP contribution in [0.4, 0.5) is 0 Å². The normalized spacial score (nSPS) is 11.7. The first kappa shape index (κ1) is 19.1. The standard InChI is InChI=1S/C21H26O.H3N/c1-20(2,3)17-14-10-13-16(18(17)21(4,5)6)19(22)15-11-8-7-9-12-15;/h7-14H,1-6H3;1H3. The summed E-state index contributed by atoms with van der Waals surface area (Å²) < 4.78 is 0. The van der Waals surface area contributed by atoms with Crippen LogP contribution in [0.2, 0.25) is 0 Å². The zero-order chi connectivity index (χ0) is 16.5. The smallest absolute Gasteiger partial charge is 0.193 e. The fourth-order valence-corrected chi connectivity index (χ4v) is 2.92. The van der Waals surface area contributed by atoms with E-state index in [1.807, 2.05) is 42.5 Å². The average molecular weight is 311 g/mol. The van der Waals surface area contributed by atoms with E-state index >= 15 is 0 Å². The van der Waals surface area contributed by atoms with Gasteiger partial charge < -0.3 is 6.15 Å². The number of hydrogen-bond donors (Lipinski definition) is 1. The average Bonchev–Trinajstić information content (AvgIpc) is 2.45. The first-order valence-corrected chi connectivity index (χ1v) is 7.86. The molecule has 23 heavy (non-hydrogen) atoms. The highest BCUT2D eigenvalue weighted by atomic mass is 16.1. The molecule has 0 bridgehead atoms. The van der Waals surface area contributed by atoms with Crippen LogP contribution in [-0.2, 0) is 10.8 Å². The first-order chi connectivity index (χ1) is 10.1. The number of carbonyl (C=O) groups excluding carboxylic acids is 1. The molecule has 2 aromatic carbocycles. The third kappa shape index (κ3) is 4.08. The third-order valence-electron chi connectivity index (χ3n) is 3.90. The maximum absolute atomic E-state index is 13.0. The highest BCUT2D eigenvalue weighted by Crippen LogP contribution is 2.36. The lowest BCUT2D eigenvalue weighted by molar-refractivity contribution is 0.103. The topological polar surface area (TPSA) is 52.1 Å². The summed E-state index contributed by atoms with van der Waals surface area (Å²) in [6.45, 7) is 13.1. The molecular weight excluding hydrogens is 282 g/mol. The molecule has 2 nitrogen and oxygen atoms in total. The van der Waals surface area contributed by atoms with Gasteiger partial charge in [0.15, 0.2) is 5.78 Å². The van der Waals surface area contributed by atoms with Crippen molar-refractivity contribution < 1.29 is 4.79 Å². The molecule has 0 fully saturated rings. The summed E-state index contributed by atoms with van der Waals surface area (Å²) in [7, 11) is 0. The lowest BCUT2D eigenvalue weighted by Crippen LogP contribution is -2.25. The van der Waals surface area contributed by atoms with Gasteiger partial charge in [0.05, 0.1) is 0 Å². The second-order valence-corrected chi connectivity index (χ2v) is 7.92. The molecule has 0 aromatic heterocycles. The molecule has 124 valence electrons. The van der Waals surface area contributed by atoms with E-state index in [0.29, 0.717) is 0 Å². The van der Waals surface area contributed by atoms with E-state index in [2.05, 4.69) is 47.6 Å². The van der Waals surface area contributed by atoms with E-state index in [1.54, 1.807) is 0 Å². The molecule has 0 atom stereocenters. The van der Waals surface area contributed by atoms with Crippen LogP contribution in [0.5, 0.6) is 0 Å². The molecule has 0 spiro atoms. The Kier molecular flexibility index (Phi) is 5.55. The summed E-state index contributed by atoms with van der Waals surface area (Å²) in [5.41, 5.74) is 3.92. The van der Waals surface area contributed by atoms with Crippen molar-refractivity contribution in [3.8, 4) is 0 Å². The number of carbonyl (C=O) groups is 1. The molecule has 0 aliphatic rings. The molecular formula is C21H29NO. The van der Waals surface area contributed by atoms with Crippen LogP contribution >= 0.6 is 0 Å². The van der Waals surface area contributed by atoms with Gasteiger partial charge in [-0.2, -0.15) is 0 Å². The molecule has 2 aromatic rings. The minimum absolute atomic E-state index is 0. The molecule has 0 radical (unpaired) electrons. The fraction of sp³-hybridized carbons (Fsp3) is 0.381. The Balaban J connectivity index is 0.00000264. The summed E-state index contributed by atoms with van der Waals surface area (Å²) in [6, 6.07) is 15.7. The maximum atomic E-state index is 13.0. The Morgan fingerprint density at radius 3 is 1.78 bits per heavy atom. The van der Waals surface area contributed by atoms with Gasteiger partial charge in [0.2, 0.25) is 0 Å². The molecule has 0 aliphatic carbocycles. The predicted molar refractivity (Wildman–Crippen MR) is 98.7 cm³/mol. The molecule has 0 amide bonds. The summed E-state index contributed by atoms with van der Waals surface area (Å²) in [4.78, 5) is 13.0. The monoisotopic (exact) mass is 311 g/mol. The minimum atomic E-state index is -0.0797. The van der Waals surface area contributed by atoms with Gasteiger partial charge in [-0.15, -0.1) is 0 Å². The first-order valence-electron chi connectivity index (χ1n) is 7.86. The second-order valence-electron chi connectivity index (χ2n) is 7.92. The van der Waals surface area contributed by atoms with Gasteiger partial charge in [-0.05, 0) is 22.0 Å². The Morgan fingerprint density at radius 1 is 0.739 bits per heavy atom. The van der Waals surface area contributed by atoms with E-state index in [1.165, 1.54) is 5.56 Å². The van der Waals surface area contributed by atoms with Gasteiger partial charge in [-0.25, -0.2) is 0 Å². The maximum Gasteiger partial charge on any atom is 0.193 e. The van der Waals surface area contributed by atoms with E-state index in [0.717, 1.165) is 16.7 Å². The molecule has 2 heteroatoms. The van der Waals surface area contributed by atoms with Crippen molar-refractivity contribution in [2.75, 3.05) is 0 Å². The zero-order valence-electron chi connectivity index (χ0n) is 15.2. The van der Waals surface area contributed by atoms with Gasteiger partial charge in [-0.1, -0.05) is 90.1 Å². The molecule has 0 saturated heterocycles. The number of hydrogen-bond acceptors (Lipinski definition) is 2. The van der Waals surface area contributed by atoms with E-state index in [-0.39, 0.29) is 22.8 Å². The molecule has 0 aliphatic heterocycles. The summed E-state index contributed by atoms with van der Waals surface area (Å²) in [6.07, 6.45) is 0. The van der Waals surface area contributed by atoms with Gasteiger partial charge >= 0.3 is 0 Å². The summed E-state index contributed by atoms with van der Waals surface area (Å²) >= 11 is 0. The molecule has 2 rings (SSSR count). The van der Waals surface area contributed by atoms with Gasteiger partial charge in [0, 0.05) is 11.1 Å². The van der Waals surface area contributed by atoms with Crippen molar-refractivity contribution in [3.05, 3.63) is 70.8 Å². The Hall–Kier alpha value is -1.93. The second kappa shape index (κ2) is 6.67. The van der Waals surface area contributed by atoms with Crippen LogP contribution in [0.15, 0.2) is 48.5 Å². The van der Waals surface area contributed by atoms with Gasteiger partial charge in [0.1, 0.15) is 0 Å². The van der Waals surface area contributed by atoms with Crippen molar-refractivity contribution in [2.24, 2.45) is 0 Å². The van der Waals surface area contributed by atoms with Crippen molar-refractivity contribution in [3.63, 3.8) is 0 Å². The van der Waals surface area contributed by atoms with Crippen molar-refractivity contribution >= 4 is 5.78 Å². The number of ketones is 1. The molecule has 0 unspecified atom stereocenters. The van der Waals surface area contributed by atoms with E-state index in [9.17, 15) is 4.79 Å². The fourth-order valence-electron chi connectivity index (χ4n) is 2.92. The Morgan fingerprint density at radius 2 is 1.30 bits per heavy atom. The van der Waals surface area contributed by atoms with Crippen molar-refractivity contribution in [2.45, 2.75) is 52.4 Å². The van der Waals surface area contributed by atoms with E-state index < -0.39 is 0 Å². The summed E-state index contributed by atoms with van der Waals surface area (Å²) in [5, 5.41) is 0. The van der Waals surface area contributed by atoms with Crippen LogP contribution in [-0.4, -0.2) is 5.78 Å². The largest absolute Gasteiger partial charge is 0.344 e. The van der Waals surface area contributed by atoms with Crippen LogP contribution in [0.25, 0.3) is 0 Å². The van der Waals surface area contributed by atoms with E-state index in [4.69, 9.17) is 0 Å².